The highest BCUT2D eigenvalue weighted by Gasteiger charge is 2.34. The topological polar surface area (TPSA) is 41.4 Å². The zero-order chi connectivity index (χ0) is 20.3. The molecule has 0 aliphatic carbocycles. The minimum Gasteiger partial charge on any atom is -0.340 e. The lowest BCUT2D eigenvalue weighted by Crippen LogP contribution is -2.48. The standard InChI is InChI=1S/C20H25F3N4O/c1-15-3-5-17(6-4-15)14-25-9-11-26(12-10-25)19(28)7-8-27-16(2)13-18(24-27)20(21,22)23/h3-6,13H,7-12,14H2,1-2H3. The maximum absolute atomic E-state index is 12.7. The third kappa shape index (κ3) is 5.13. The normalized spacial score (nSPS) is 15.8. The molecular formula is C20H25F3N4O. The number of benzene rings is 1. The highest BCUT2D eigenvalue weighted by atomic mass is 19.4. The Morgan fingerprint density at radius 1 is 1.07 bits per heavy atom. The number of halogens is 3. The molecule has 1 saturated heterocycles. The second kappa shape index (κ2) is 8.34. The van der Waals surface area contributed by atoms with E-state index in [2.05, 4.69) is 41.2 Å². The highest BCUT2D eigenvalue weighted by Crippen LogP contribution is 2.28. The number of piperazine rings is 1. The molecule has 0 radical (unpaired) electrons. The number of hydrogen-bond acceptors (Lipinski definition) is 3. The maximum Gasteiger partial charge on any atom is 0.435 e. The van der Waals surface area contributed by atoms with Crippen LogP contribution >= 0.6 is 0 Å². The largest absolute Gasteiger partial charge is 0.435 e. The number of carbonyl (C=O) groups excluding carboxylic acids is 1. The van der Waals surface area contributed by atoms with Crippen molar-refractivity contribution in [3.8, 4) is 0 Å². The third-order valence-corrected chi connectivity index (χ3v) is 5.06. The fourth-order valence-corrected chi connectivity index (χ4v) is 3.34. The summed E-state index contributed by atoms with van der Waals surface area (Å²) in [5.74, 6) is -0.0431. The Balaban J connectivity index is 1.46. The van der Waals surface area contributed by atoms with E-state index >= 15 is 0 Å². The first kappa shape index (κ1) is 20.4. The summed E-state index contributed by atoms with van der Waals surface area (Å²) in [5.41, 5.74) is 1.97. The van der Waals surface area contributed by atoms with Gasteiger partial charge >= 0.3 is 6.18 Å². The van der Waals surface area contributed by atoms with Crippen LogP contribution in [0.1, 0.15) is 28.9 Å². The van der Waals surface area contributed by atoms with Crippen LogP contribution in [0.25, 0.3) is 0 Å². The van der Waals surface area contributed by atoms with Crippen molar-refractivity contribution >= 4 is 5.91 Å². The van der Waals surface area contributed by atoms with E-state index in [1.807, 2.05) is 0 Å². The predicted molar refractivity (Wildman–Crippen MR) is 99.6 cm³/mol. The molecule has 8 heteroatoms. The van der Waals surface area contributed by atoms with E-state index in [9.17, 15) is 18.0 Å². The summed E-state index contributed by atoms with van der Waals surface area (Å²) < 4.78 is 39.4. The lowest BCUT2D eigenvalue weighted by molar-refractivity contribution is -0.141. The van der Waals surface area contributed by atoms with Gasteiger partial charge in [0.1, 0.15) is 0 Å². The molecule has 5 nitrogen and oxygen atoms in total. The molecule has 0 N–H and O–H groups in total. The molecule has 3 rings (SSSR count). The first-order valence-electron chi connectivity index (χ1n) is 9.40. The number of amides is 1. The van der Waals surface area contributed by atoms with E-state index < -0.39 is 11.9 Å². The number of carbonyl (C=O) groups is 1. The number of aryl methyl sites for hydroxylation is 3. The van der Waals surface area contributed by atoms with E-state index in [1.165, 1.54) is 15.8 Å². The van der Waals surface area contributed by atoms with E-state index in [1.54, 1.807) is 11.8 Å². The van der Waals surface area contributed by atoms with Crippen LogP contribution in [0, 0.1) is 13.8 Å². The Morgan fingerprint density at radius 3 is 2.29 bits per heavy atom. The molecule has 0 unspecified atom stereocenters. The zero-order valence-corrected chi connectivity index (χ0v) is 16.2. The summed E-state index contributed by atoms with van der Waals surface area (Å²) >= 11 is 0. The minimum absolute atomic E-state index is 0.0431. The van der Waals surface area contributed by atoms with Crippen LogP contribution in [0.4, 0.5) is 13.2 Å². The molecule has 2 aromatic rings. The Hall–Kier alpha value is -2.35. The molecule has 152 valence electrons. The van der Waals surface area contributed by atoms with Crippen molar-refractivity contribution in [1.82, 2.24) is 19.6 Å². The van der Waals surface area contributed by atoms with Crippen molar-refractivity contribution in [2.75, 3.05) is 26.2 Å². The molecule has 1 aliphatic heterocycles. The first-order valence-corrected chi connectivity index (χ1v) is 9.40. The van der Waals surface area contributed by atoms with Gasteiger partial charge in [0.05, 0.1) is 0 Å². The van der Waals surface area contributed by atoms with Crippen LogP contribution in [-0.2, 0) is 24.1 Å². The van der Waals surface area contributed by atoms with Gasteiger partial charge in [-0.2, -0.15) is 18.3 Å². The van der Waals surface area contributed by atoms with Gasteiger partial charge in [0.15, 0.2) is 5.69 Å². The van der Waals surface area contributed by atoms with Crippen LogP contribution in [0.5, 0.6) is 0 Å². The Kier molecular flexibility index (Phi) is 6.07. The molecule has 2 heterocycles. The van der Waals surface area contributed by atoms with Crippen LogP contribution in [0.2, 0.25) is 0 Å². The summed E-state index contributed by atoms with van der Waals surface area (Å²) in [6.45, 7) is 7.49. The minimum atomic E-state index is -4.46. The molecule has 1 aromatic carbocycles. The number of rotatable bonds is 5. The number of aromatic nitrogens is 2. The summed E-state index contributed by atoms with van der Waals surface area (Å²) in [4.78, 5) is 16.5. The SMILES string of the molecule is Cc1ccc(CN2CCN(C(=O)CCn3nc(C(F)(F)F)cc3C)CC2)cc1. The van der Waals surface area contributed by atoms with Crippen LogP contribution in [0.3, 0.4) is 0 Å². The summed E-state index contributed by atoms with van der Waals surface area (Å²) in [7, 11) is 0. The number of hydrogen-bond donors (Lipinski definition) is 0. The van der Waals surface area contributed by atoms with Gasteiger partial charge in [0.2, 0.25) is 5.91 Å². The maximum atomic E-state index is 12.7. The van der Waals surface area contributed by atoms with E-state index in [4.69, 9.17) is 0 Å². The zero-order valence-electron chi connectivity index (χ0n) is 16.2. The monoisotopic (exact) mass is 394 g/mol. The first-order chi connectivity index (χ1) is 13.2. The summed E-state index contributed by atoms with van der Waals surface area (Å²) in [6, 6.07) is 9.43. The van der Waals surface area contributed by atoms with Gasteiger partial charge in [-0.1, -0.05) is 29.8 Å². The van der Waals surface area contributed by atoms with Gasteiger partial charge < -0.3 is 4.90 Å². The van der Waals surface area contributed by atoms with E-state index in [0.29, 0.717) is 18.8 Å². The third-order valence-electron chi connectivity index (χ3n) is 5.06. The average molecular weight is 394 g/mol. The van der Waals surface area contributed by atoms with E-state index in [-0.39, 0.29) is 18.9 Å². The lowest BCUT2D eigenvalue weighted by atomic mass is 10.1. The van der Waals surface area contributed by atoms with Crippen molar-refractivity contribution in [2.45, 2.75) is 39.5 Å². The quantitative estimate of drug-likeness (QED) is 0.782. The van der Waals surface area contributed by atoms with Gasteiger partial charge in [-0.3, -0.25) is 14.4 Å². The molecule has 1 aliphatic rings. The average Bonchev–Trinajstić information content (AvgIpc) is 3.03. The number of nitrogens with zero attached hydrogens (tertiary/aromatic N) is 4. The van der Waals surface area contributed by atoms with Crippen molar-refractivity contribution in [3.63, 3.8) is 0 Å². The van der Waals surface area contributed by atoms with Gasteiger partial charge in [-0.15, -0.1) is 0 Å². The van der Waals surface area contributed by atoms with Crippen molar-refractivity contribution in [2.24, 2.45) is 0 Å². The molecule has 0 spiro atoms. The van der Waals surface area contributed by atoms with Crippen LogP contribution < -0.4 is 0 Å². The van der Waals surface area contributed by atoms with Crippen molar-refractivity contribution < 1.29 is 18.0 Å². The second-order valence-electron chi connectivity index (χ2n) is 7.28. The molecule has 1 fully saturated rings. The van der Waals surface area contributed by atoms with Crippen molar-refractivity contribution in [3.05, 3.63) is 52.8 Å². The highest BCUT2D eigenvalue weighted by molar-refractivity contribution is 5.76. The lowest BCUT2D eigenvalue weighted by Gasteiger charge is -2.34. The second-order valence-corrected chi connectivity index (χ2v) is 7.28. The summed E-state index contributed by atoms with van der Waals surface area (Å²) in [5, 5.41) is 3.58. The molecule has 28 heavy (non-hydrogen) atoms. The molecule has 0 saturated carbocycles. The van der Waals surface area contributed by atoms with Gasteiger partial charge in [0, 0.05) is 51.4 Å². The van der Waals surface area contributed by atoms with Crippen LogP contribution in [0.15, 0.2) is 30.3 Å². The molecule has 0 bridgehead atoms. The van der Waals surface area contributed by atoms with Gasteiger partial charge in [-0.05, 0) is 25.5 Å². The van der Waals surface area contributed by atoms with Gasteiger partial charge in [-0.25, -0.2) is 0 Å². The fraction of sp³-hybridized carbons (Fsp3) is 0.500. The summed E-state index contributed by atoms with van der Waals surface area (Å²) in [6.07, 6.45) is -4.31. The Morgan fingerprint density at radius 2 is 1.71 bits per heavy atom. The van der Waals surface area contributed by atoms with E-state index in [0.717, 1.165) is 25.7 Å². The smallest absolute Gasteiger partial charge is 0.340 e. The fourth-order valence-electron chi connectivity index (χ4n) is 3.34. The molecule has 1 aromatic heterocycles. The Labute approximate surface area is 162 Å². The van der Waals surface area contributed by atoms with Crippen molar-refractivity contribution in [1.29, 1.82) is 0 Å². The molecular weight excluding hydrogens is 369 g/mol. The number of alkyl halides is 3. The molecule has 0 atom stereocenters. The van der Waals surface area contributed by atoms with Crippen LogP contribution in [-0.4, -0.2) is 51.7 Å². The Bertz CT molecular complexity index is 806. The predicted octanol–water partition coefficient (Wildman–Crippen LogP) is 3.25. The van der Waals surface area contributed by atoms with Gasteiger partial charge in [0.25, 0.3) is 0 Å². The molecule has 1 amide bonds.